The lowest BCUT2D eigenvalue weighted by Gasteiger charge is -2.34. The Balaban J connectivity index is 2.04. The highest BCUT2D eigenvalue weighted by atomic mass is 16.5. The second-order valence-electron chi connectivity index (χ2n) is 6.10. The molecular formula is C16H30N4O. The summed E-state index contributed by atoms with van der Waals surface area (Å²) in [7, 11) is 3.88. The van der Waals surface area contributed by atoms with Crippen LogP contribution in [0.1, 0.15) is 51.3 Å². The quantitative estimate of drug-likeness (QED) is 0.800. The van der Waals surface area contributed by atoms with E-state index in [-0.39, 0.29) is 6.10 Å². The molecule has 0 aromatic carbocycles. The van der Waals surface area contributed by atoms with Crippen molar-refractivity contribution in [2.45, 2.75) is 70.6 Å². The van der Waals surface area contributed by atoms with E-state index in [1.807, 2.05) is 18.8 Å². The third-order valence-electron chi connectivity index (χ3n) is 4.69. The molecular weight excluding hydrogens is 264 g/mol. The van der Waals surface area contributed by atoms with E-state index < -0.39 is 0 Å². The fraction of sp³-hybridized carbons (Fsp3) is 0.875. The standard InChI is InChI=1S/C16H30N4O/c1-4-10-20-15(18-12-19-20)11-14(17-2)16(21-3)13-8-6-5-7-9-13/h12-14,16-17H,4-11H2,1-3H3. The molecule has 2 rings (SSSR count). The first-order valence-electron chi connectivity index (χ1n) is 8.36. The van der Waals surface area contributed by atoms with Crippen LogP contribution in [0.25, 0.3) is 0 Å². The van der Waals surface area contributed by atoms with Gasteiger partial charge in [-0.3, -0.25) is 4.68 Å². The summed E-state index contributed by atoms with van der Waals surface area (Å²) in [6.07, 6.45) is 10.5. The van der Waals surface area contributed by atoms with Crippen molar-refractivity contribution in [2.24, 2.45) is 5.92 Å². The zero-order valence-electron chi connectivity index (χ0n) is 13.7. The van der Waals surface area contributed by atoms with Crippen LogP contribution >= 0.6 is 0 Å². The highest BCUT2D eigenvalue weighted by molar-refractivity contribution is 4.94. The zero-order valence-corrected chi connectivity index (χ0v) is 13.7. The minimum Gasteiger partial charge on any atom is -0.380 e. The Bertz CT molecular complexity index is 401. The van der Waals surface area contributed by atoms with Gasteiger partial charge >= 0.3 is 0 Å². The molecule has 1 saturated carbocycles. The van der Waals surface area contributed by atoms with Gasteiger partial charge in [0, 0.05) is 26.1 Å². The van der Waals surface area contributed by atoms with E-state index in [0.717, 1.165) is 25.2 Å². The van der Waals surface area contributed by atoms with Crippen molar-refractivity contribution in [1.82, 2.24) is 20.1 Å². The van der Waals surface area contributed by atoms with Gasteiger partial charge in [-0.2, -0.15) is 5.10 Å². The first-order valence-corrected chi connectivity index (χ1v) is 8.36. The van der Waals surface area contributed by atoms with Crippen molar-refractivity contribution in [3.63, 3.8) is 0 Å². The van der Waals surface area contributed by atoms with Gasteiger partial charge in [0.15, 0.2) is 0 Å². The highest BCUT2D eigenvalue weighted by Crippen LogP contribution is 2.29. The van der Waals surface area contributed by atoms with E-state index in [1.54, 1.807) is 6.33 Å². The molecule has 0 saturated heterocycles. The lowest BCUT2D eigenvalue weighted by atomic mass is 9.82. The lowest BCUT2D eigenvalue weighted by Crippen LogP contribution is -2.46. The number of rotatable bonds is 8. The fourth-order valence-electron chi connectivity index (χ4n) is 3.57. The van der Waals surface area contributed by atoms with Gasteiger partial charge in [0.1, 0.15) is 12.2 Å². The van der Waals surface area contributed by atoms with Gasteiger partial charge < -0.3 is 10.1 Å². The minimum absolute atomic E-state index is 0.266. The molecule has 1 aliphatic carbocycles. The summed E-state index contributed by atoms with van der Waals surface area (Å²) in [5, 5.41) is 7.78. The van der Waals surface area contributed by atoms with Crippen molar-refractivity contribution in [1.29, 1.82) is 0 Å². The average Bonchev–Trinajstić information content (AvgIpc) is 2.95. The Morgan fingerprint density at radius 1 is 1.38 bits per heavy atom. The number of aryl methyl sites for hydroxylation is 1. The summed E-state index contributed by atoms with van der Waals surface area (Å²) in [6.45, 7) is 3.11. The Morgan fingerprint density at radius 2 is 2.14 bits per heavy atom. The third kappa shape index (κ3) is 4.27. The Labute approximate surface area is 128 Å². The van der Waals surface area contributed by atoms with Gasteiger partial charge in [-0.25, -0.2) is 4.98 Å². The summed E-state index contributed by atoms with van der Waals surface area (Å²) >= 11 is 0. The number of ether oxygens (including phenoxy) is 1. The number of methoxy groups -OCH3 is 1. The van der Waals surface area contributed by atoms with Gasteiger partial charge in [-0.15, -0.1) is 0 Å². The van der Waals surface area contributed by atoms with E-state index in [9.17, 15) is 0 Å². The third-order valence-corrected chi connectivity index (χ3v) is 4.69. The van der Waals surface area contributed by atoms with Gasteiger partial charge in [-0.05, 0) is 32.2 Å². The Hall–Kier alpha value is -0.940. The summed E-state index contributed by atoms with van der Waals surface area (Å²) in [4.78, 5) is 4.44. The zero-order chi connectivity index (χ0) is 15.1. The predicted octanol–water partition coefficient (Wildman–Crippen LogP) is 2.41. The van der Waals surface area contributed by atoms with E-state index in [0.29, 0.717) is 12.0 Å². The molecule has 21 heavy (non-hydrogen) atoms. The lowest BCUT2D eigenvalue weighted by molar-refractivity contribution is 0.00945. The van der Waals surface area contributed by atoms with Crippen LogP contribution in [-0.2, 0) is 17.7 Å². The topological polar surface area (TPSA) is 52.0 Å². The normalized spacial score (nSPS) is 19.6. The van der Waals surface area contributed by atoms with Crippen LogP contribution in [0.3, 0.4) is 0 Å². The van der Waals surface area contributed by atoms with Crippen molar-refractivity contribution >= 4 is 0 Å². The summed E-state index contributed by atoms with van der Waals surface area (Å²) in [5.74, 6) is 1.73. The monoisotopic (exact) mass is 294 g/mol. The molecule has 5 heteroatoms. The number of hydrogen-bond donors (Lipinski definition) is 1. The molecule has 1 heterocycles. The maximum Gasteiger partial charge on any atom is 0.138 e. The van der Waals surface area contributed by atoms with Crippen molar-refractivity contribution < 1.29 is 4.74 Å². The van der Waals surface area contributed by atoms with Gasteiger partial charge in [0.25, 0.3) is 0 Å². The number of hydrogen-bond acceptors (Lipinski definition) is 4. The summed E-state index contributed by atoms with van der Waals surface area (Å²) in [6, 6.07) is 0.304. The number of aromatic nitrogens is 3. The molecule has 0 aliphatic heterocycles. The van der Waals surface area contributed by atoms with E-state index in [1.165, 1.54) is 32.1 Å². The van der Waals surface area contributed by atoms with E-state index in [4.69, 9.17) is 4.74 Å². The molecule has 120 valence electrons. The molecule has 1 fully saturated rings. The average molecular weight is 294 g/mol. The molecule has 1 aromatic heterocycles. The largest absolute Gasteiger partial charge is 0.380 e. The second kappa shape index (κ2) is 8.49. The number of nitrogens with zero attached hydrogens (tertiary/aromatic N) is 3. The molecule has 0 bridgehead atoms. The number of nitrogens with one attached hydrogen (secondary N) is 1. The van der Waals surface area contributed by atoms with Crippen LogP contribution < -0.4 is 5.32 Å². The van der Waals surface area contributed by atoms with Gasteiger partial charge in [0.05, 0.1) is 6.10 Å². The van der Waals surface area contributed by atoms with Crippen molar-refractivity contribution in [2.75, 3.05) is 14.2 Å². The molecule has 0 radical (unpaired) electrons. The van der Waals surface area contributed by atoms with Crippen molar-refractivity contribution in [3.05, 3.63) is 12.2 Å². The SMILES string of the molecule is CCCn1ncnc1CC(NC)C(OC)C1CCCCC1. The van der Waals surface area contributed by atoms with Crippen molar-refractivity contribution in [3.8, 4) is 0 Å². The molecule has 1 aliphatic rings. The molecule has 1 aromatic rings. The molecule has 2 unspecified atom stereocenters. The smallest absolute Gasteiger partial charge is 0.138 e. The van der Waals surface area contributed by atoms with Gasteiger partial charge in [-0.1, -0.05) is 26.2 Å². The predicted molar refractivity (Wildman–Crippen MR) is 84.2 cm³/mol. The summed E-state index contributed by atoms with van der Waals surface area (Å²) < 4.78 is 7.90. The summed E-state index contributed by atoms with van der Waals surface area (Å²) in [5.41, 5.74) is 0. The van der Waals surface area contributed by atoms with Crippen LogP contribution in [-0.4, -0.2) is 41.1 Å². The molecule has 0 amide bonds. The molecule has 5 nitrogen and oxygen atoms in total. The maximum atomic E-state index is 5.87. The molecule has 1 N–H and O–H groups in total. The maximum absolute atomic E-state index is 5.87. The first-order chi connectivity index (χ1) is 10.3. The Morgan fingerprint density at radius 3 is 2.76 bits per heavy atom. The van der Waals surface area contributed by atoms with Gasteiger partial charge in [0.2, 0.25) is 0 Å². The molecule has 2 atom stereocenters. The second-order valence-corrected chi connectivity index (χ2v) is 6.10. The van der Waals surface area contributed by atoms with E-state index >= 15 is 0 Å². The van der Waals surface area contributed by atoms with Crippen LogP contribution in [0.15, 0.2) is 6.33 Å². The Kier molecular flexibility index (Phi) is 6.64. The minimum atomic E-state index is 0.266. The van der Waals surface area contributed by atoms with Crippen LogP contribution in [0.2, 0.25) is 0 Å². The van der Waals surface area contributed by atoms with E-state index in [2.05, 4.69) is 22.3 Å². The van der Waals surface area contributed by atoms with Crippen LogP contribution in [0.5, 0.6) is 0 Å². The first kappa shape index (κ1) is 16.4. The van der Waals surface area contributed by atoms with Crippen LogP contribution in [0, 0.1) is 5.92 Å². The number of likely N-dealkylation sites (N-methyl/N-ethyl adjacent to an activating group) is 1. The van der Waals surface area contributed by atoms with Crippen LogP contribution in [0.4, 0.5) is 0 Å². The highest BCUT2D eigenvalue weighted by Gasteiger charge is 2.30. The molecule has 0 spiro atoms. The fourth-order valence-corrected chi connectivity index (χ4v) is 3.57.